The van der Waals surface area contributed by atoms with E-state index in [2.05, 4.69) is 398 Å². The van der Waals surface area contributed by atoms with Crippen LogP contribution in [-0.2, 0) is 16.2 Å². The molecule has 95 heavy (non-hydrogen) atoms. The van der Waals surface area contributed by atoms with Crippen LogP contribution in [0.2, 0.25) is 0 Å². The van der Waals surface area contributed by atoms with E-state index in [9.17, 15) is 0 Å². The molecule has 18 rings (SSSR count). The predicted octanol–water partition coefficient (Wildman–Crippen LogP) is 23.4. The van der Waals surface area contributed by atoms with Crippen LogP contribution in [0.25, 0.3) is 44.5 Å². The van der Waals surface area contributed by atoms with Gasteiger partial charge in [-0.25, -0.2) is 0 Å². The first-order valence-corrected chi connectivity index (χ1v) is 33.1. The fraction of sp³-hybridized carbons (Fsp3) is 0.0323. The molecule has 0 unspecified atom stereocenters. The van der Waals surface area contributed by atoms with E-state index in [-0.39, 0.29) is 0 Å². The van der Waals surface area contributed by atoms with Crippen molar-refractivity contribution in [1.82, 2.24) is 0 Å². The average molecular weight is 1210 g/mol. The van der Waals surface area contributed by atoms with Crippen molar-refractivity contribution in [3.05, 3.63) is 455 Å². The smallest absolute Gasteiger partial charge is 0.0714 e. The van der Waals surface area contributed by atoms with Gasteiger partial charge in [0.25, 0.3) is 0 Å². The van der Waals surface area contributed by atoms with Crippen LogP contribution in [-0.4, -0.2) is 0 Å². The third-order valence-electron chi connectivity index (χ3n) is 20.7. The van der Waals surface area contributed by atoms with Crippen LogP contribution in [0.3, 0.4) is 0 Å². The second-order valence-electron chi connectivity index (χ2n) is 25.3. The van der Waals surface area contributed by atoms with Gasteiger partial charge in [-0.1, -0.05) is 334 Å². The first-order valence-electron chi connectivity index (χ1n) is 33.1. The van der Waals surface area contributed by atoms with E-state index in [1.807, 2.05) is 0 Å². The van der Waals surface area contributed by atoms with Crippen molar-refractivity contribution < 1.29 is 0 Å². The van der Waals surface area contributed by atoms with Crippen LogP contribution in [0.1, 0.15) is 66.8 Å². The lowest BCUT2D eigenvalue weighted by Gasteiger charge is -2.36. The SMILES string of the molecule is c1ccc(-c2ccccc2N(c2cccc(N(c3cccc(C4(c5ccccc5)c5ccccc5-c5ccccc54)c3)c3ccc4c(c3)C(c3ccccc3)(c3ccccc3)c3ccccc3-4)c2)c2cccc3c2-c2ccccc2C3(c2ccccc2)c2ccccc2)cc1. The van der Waals surface area contributed by atoms with Gasteiger partial charge in [0.15, 0.2) is 0 Å². The summed E-state index contributed by atoms with van der Waals surface area (Å²) in [5, 5.41) is 0. The highest BCUT2D eigenvalue weighted by molar-refractivity contribution is 6.01. The molecule has 0 fully saturated rings. The van der Waals surface area contributed by atoms with Crippen LogP contribution >= 0.6 is 0 Å². The lowest BCUT2D eigenvalue weighted by Crippen LogP contribution is -2.29. The second-order valence-corrected chi connectivity index (χ2v) is 25.3. The Morgan fingerprint density at radius 3 is 0.989 bits per heavy atom. The normalized spacial score (nSPS) is 13.7. The van der Waals surface area contributed by atoms with Crippen LogP contribution in [0.4, 0.5) is 34.1 Å². The zero-order valence-corrected chi connectivity index (χ0v) is 52.3. The summed E-state index contributed by atoms with van der Waals surface area (Å²) in [7, 11) is 0. The molecule has 0 atom stereocenters. The molecule has 0 heterocycles. The molecule has 0 aliphatic heterocycles. The Morgan fingerprint density at radius 2 is 0.484 bits per heavy atom. The van der Waals surface area contributed by atoms with Crippen LogP contribution in [0.15, 0.2) is 388 Å². The van der Waals surface area contributed by atoms with Gasteiger partial charge in [-0.15, -0.1) is 0 Å². The molecule has 3 aliphatic carbocycles. The Kier molecular flexibility index (Phi) is 13.3. The number of nitrogens with zero attached hydrogens (tertiary/aromatic N) is 2. The van der Waals surface area contributed by atoms with E-state index in [0.29, 0.717) is 0 Å². The van der Waals surface area contributed by atoms with Gasteiger partial charge in [0.1, 0.15) is 0 Å². The van der Waals surface area contributed by atoms with E-state index in [0.717, 1.165) is 45.3 Å². The summed E-state index contributed by atoms with van der Waals surface area (Å²) in [6, 6.07) is 145. The lowest BCUT2D eigenvalue weighted by atomic mass is 9.67. The molecule has 0 N–H and O–H groups in total. The van der Waals surface area contributed by atoms with Crippen LogP contribution in [0, 0.1) is 0 Å². The molecule has 0 amide bonds. The Balaban J connectivity index is 0.918. The Bertz CT molecular complexity index is 5250. The van der Waals surface area contributed by atoms with Gasteiger partial charge in [0.2, 0.25) is 0 Å². The van der Waals surface area contributed by atoms with E-state index >= 15 is 0 Å². The fourth-order valence-corrected chi connectivity index (χ4v) is 17.0. The zero-order chi connectivity index (χ0) is 62.9. The number of hydrogen-bond donors (Lipinski definition) is 0. The van der Waals surface area contributed by atoms with Gasteiger partial charge in [0.05, 0.1) is 27.6 Å². The molecule has 0 bridgehead atoms. The molecule has 0 saturated carbocycles. The molecular weight excluding hydrogens is 1150 g/mol. The fourth-order valence-electron chi connectivity index (χ4n) is 17.0. The first kappa shape index (κ1) is 55.7. The number of benzene rings is 15. The highest BCUT2D eigenvalue weighted by Gasteiger charge is 2.50. The van der Waals surface area contributed by atoms with Crippen LogP contribution in [0.5, 0.6) is 0 Å². The standard InChI is InChI=1S/C93H64N2/c1-7-32-65(33-8-1)76-48-23-28-58-88(76)95(89-59-31-57-86-90(89)81-52-22-27-56-85(81)91(86,66-34-9-2-10-35-66)67-36-11-3-12-37-67)74-47-30-46-73(63-74)94(72-45-29-44-71(62-72)93(70-42-17-6-18-43-70)83-54-25-19-49-77(83)78-50-20-26-55-84(78)93)75-60-61-80-79-51-21-24-53-82(79)92(87(80)64-75,68-38-13-4-14-39-68)69-40-15-5-16-41-69/h1-64H. The Labute approximate surface area is 556 Å². The summed E-state index contributed by atoms with van der Waals surface area (Å²) in [4.78, 5) is 5.08. The molecule has 2 heteroatoms. The van der Waals surface area contributed by atoms with Gasteiger partial charge >= 0.3 is 0 Å². The summed E-state index contributed by atoms with van der Waals surface area (Å²) in [6.07, 6.45) is 0. The zero-order valence-electron chi connectivity index (χ0n) is 52.3. The molecule has 446 valence electrons. The molecule has 0 aromatic heterocycles. The summed E-state index contributed by atoms with van der Waals surface area (Å²) < 4.78 is 0. The number of rotatable bonds is 13. The van der Waals surface area contributed by atoms with E-state index in [1.165, 1.54) is 100 Å². The van der Waals surface area contributed by atoms with Gasteiger partial charge in [-0.05, 0) is 155 Å². The second kappa shape index (κ2) is 22.6. The molecular formula is C93H64N2. The third-order valence-corrected chi connectivity index (χ3v) is 20.7. The molecule has 15 aromatic rings. The largest absolute Gasteiger partial charge is 0.310 e. The number of para-hydroxylation sites is 1. The van der Waals surface area contributed by atoms with Crippen molar-refractivity contribution in [3.8, 4) is 44.5 Å². The number of fused-ring (bicyclic) bond motifs is 9. The van der Waals surface area contributed by atoms with Crippen molar-refractivity contribution in [1.29, 1.82) is 0 Å². The maximum absolute atomic E-state index is 2.55. The quantitative estimate of drug-likeness (QED) is 0.114. The average Bonchev–Trinajstić information content (AvgIpc) is 1.60. The minimum absolute atomic E-state index is 0.613. The number of anilines is 6. The van der Waals surface area contributed by atoms with Gasteiger partial charge in [0, 0.05) is 33.9 Å². The molecule has 0 spiro atoms. The lowest BCUT2D eigenvalue weighted by molar-refractivity contribution is 0.767. The molecule has 0 radical (unpaired) electrons. The summed E-state index contributed by atoms with van der Waals surface area (Å²) in [5.74, 6) is 0. The number of hydrogen-bond acceptors (Lipinski definition) is 2. The maximum atomic E-state index is 2.55. The van der Waals surface area contributed by atoms with Crippen molar-refractivity contribution in [2.24, 2.45) is 0 Å². The van der Waals surface area contributed by atoms with Gasteiger partial charge in [-0.2, -0.15) is 0 Å². The molecule has 0 saturated heterocycles. The topological polar surface area (TPSA) is 6.48 Å². The highest BCUT2D eigenvalue weighted by atomic mass is 15.2. The van der Waals surface area contributed by atoms with Crippen molar-refractivity contribution in [2.75, 3.05) is 9.80 Å². The molecule has 3 aliphatic rings. The van der Waals surface area contributed by atoms with Crippen LogP contribution < -0.4 is 9.80 Å². The highest BCUT2D eigenvalue weighted by Crippen LogP contribution is 2.62. The predicted molar refractivity (Wildman–Crippen MR) is 393 cm³/mol. The van der Waals surface area contributed by atoms with E-state index < -0.39 is 16.2 Å². The molecule has 15 aromatic carbocycles. The minimum atomic E-state index is -0.635. The first-order chi connectivity index (χ1) is 47.2. The van der Waals surface area contributed by atoms with Crippen molar-refractivity contribution in [3.63, 3.8) is 0 Å². The summed E-state index contributed by atoms with van der Waals surface area (Å²) >= 11 is 0. The van der Waals surface area contributed by atoms with Gasteiger partial charge < -0.3 is 9.80 Å². The van der Waals surface area contributed by atoms with Crippen molar-refractivity contribution >= 4 is 34.1 Å². The van der Waals surface area contributed by atoms with E-state index in [1.54, 1.807) is 0 Å². The van der Waals surface area contributed by atoms with E-state index in [4.69, 9.17) is 0 Å². The summed E-state index contributed by atoms with van der Waals surface area (Å²) in [6.45, 7) is 0. The van der Waals surface area contributed by atoms with Crippen molar-refractivity contribution in [2.45, 2.75) is 16.2 Å². The monoisotopic (exact) mass is 1210 g/mol. The van der Waals surface area contributed by atoms with Gasteiger partial charge in [-0.3, -0.25) is 0 Å². The Morgan fingerprint density at radius 1 is 0.168 bits per heavy atom. The molecule has 2 nitrogen and oxygen atoms in total. The summed E-state index contributed by atoms with van der Waals surface area (Å²) in [5.41, 5.74) is 29.0. The third kappa shape index (κ3) is 8.37. The maximum Gasteiger partial charge on any atom is 0.0714 e. The minimum Gasteiger partial charge on any atom is -0.310 e. The Hall–Kier alpha value is -12.1.